The molecule has 84 valence electrons. The summed E-state index contributed by atoms with van der Waals surface area (Å²) in [5.41, 5.74) is 0. The SMILES string of the molecule is CC1CC(C)CC(C(O)CN(C)C)C1. The summed E-state index contributed by atoms with van der Waals surface area (Å²) in [5, 5.41) is 10.0. The van der Waals surface area contributed by atoms with Crippen molar-refractivity contribution in [3.05, 3.63) is 0 Å². The van der Waals surface area contributed by atoms with E-state index in [1.807, 2.05) is 14.1 Å². The molecule has 0 aromatic carbocycles. The molecule has 2 nitrogen and oxygen atoms in total. The second kappa shape index (κ2) is 5.13. The van der Waals surface area contributed by atoms with Gasteiger partial charge in [-0.3, -0.25) is 0 Å². The maximum absolute atomic E-state index is 10.0. The Labute approximate surface area is 88.3 Å². The quantitative estimate of drug-likeness (QED) is 0.751. The van der Waals surface area contributed by atoms with E-state index in [1.165, 1.54) is 19.3 Å². The molecule has 0 spiro atoms. The maximum Gasteiger partial charge on any atom is 0.0695 e. The molecule has 0 radical (unpaired) electrons. The van der Waals surface area contributed by atoms with Gasteiger partial charge < -0.3 is 10.0 Å². The minimum atomic E-state index is -0.129. The molecular formula is C12H25NO. The fraction of sp³-hybridized carbons (Fsp3) is 1.00. The van der Waals surface area contributed by atoms with Gasteiger partial charge >= 0.3 is 0 Å². The number of nitrogens with zero attached hydrogens (tertiary/aromatic N) is 1. The summed E-state index contributed by atoms with van der Waals surface area (Å²) < 4.78 is 0. The van der Waals surface area contributed by atoms with Crippen molar-refractivity contribution in [2.45, 2.75) is 39.2 Å². The lowest BCUT2D eigenvalue weighted by Crippen LogP contribution is -2.36. The van der Waals surface area contributed by atoms with Crippen LogP contribution in [0, 0.1) is 17.8 Å². The average molecular weight is 199 g/mol. The fourth-order valence-corrected chi connectivity index (χ4v) is 2.85. The number of likely N-dealkylation sites (N-methyl/N-ethyl adjacent to an activating group) is 1. The van der Waals surface area contributed by atoms with E-state index in [4.69, 9.17) is 0 Å². The average Bonchev–Trinajstić information content (AvgIpc) is 2.00. The molecule has 0 bridgehead atoms. The van der Waals surface area contributed by atoms with Gasteiger partial charge in [0, 0.05) is 6.54 Å². The highest BCUT2D eigenvalue weighted by molar-refractivity contribution is 4.80. The first-order chi connectivity index (χ1) is 6.49. The number of aliphatic hydroxyl groups is 1. The largest absolute Gasteiger partial charge is 0.392 e. The fourth-order valence-electron chi connectivity index (χ4n) is 2.85. The number of hydrogen-bond acceptors (Lipinski definition) is 2. The van der Waals surface area contributed by atoms with Crippen molar-refractivity contribution < 1.29 is 5.11 Å². The minimum absolute atomic E-state index is 0.129. The van der Waals surface area contributed by atoms with Crippen LogP contribution in [-0.4, -0.2) is 36.8 Å². The van der Waals surface area contributed by atoms with E-state index in [2.05, 4.69) is 18.7 Å². The Hall–Kier alpha value is -0.0800. The van der Waals surface area contributed by atoms with Crippen molar-refractivity contribution in [1.82, 2.24) is 4.90 Å². The molecule has 1 aliphatic carbocycles. The Bertz CT molecular complexity index is 160. The predicted octanol–water partition coefficient (Wildman–Crippen LogP) is 1.98. The van der Waals surface area contributed by atoms with Crippen LogP contribution in [0.2, 0.25) is 0 Å². The van der Waals surface area contributed by atoms with Gasteiger partial charge in [-0.15, -0.1) is 0 Å². The van der Waals surface area contributed by atoms with Gasteiger partial charge in [0.05, 0.1) is 6.10 Å². The van der Waals surface area contributed by atoms with E-state index in [0.717, 1.165) is 18.4 Å². The van der Waals surface area contributed by atoms with Gasteiger partial charge in [0.1, 0.15) is 0 Å². The van der Waals surface area contributed by atoms with Crippen molar-refractivity contribution in [3.63, 3.8) is 0 Å². The molecular weight excluding hydrogens is 174 g/mol. The third kappa shape index (κ3) is 3.58. The number of hydrogen-bond donors (Lipinski definition) is 1. The molecule has 0 heterocycles. The monoisotopic (exact) mass is 199 g/mol. The molecule has 2 heteroatoms. The Morgan fingerprint density at radius 3 is 2.07 bits per heavy atom. The van der Waals surface area contributed by atoms with E-state index >= 15 is 0 Å². The summed E-state index contributed by atoms with van der Waals surface area (Å²) in [5.74, 6) is 2.11. The van der Waals surface area contributed by atoms with Crippen LogP contribution >= 0.6 is 0 Å². The van der Waals surface area contributed by atoms with E-state index in [-0.39, 0.29) is 6.10 Å². The van der Waals surface area contributed by atoms with Crippen LogP contribution in [0.15, 0.2) is 0 Å². The molecule has 0 aliphatic heterocycles. The van der Waals surface area contributed by atoms with Gasteiger partial charge in [-0.05, 0) is 51.1 Å². The Kier molecular flexibility index (Phi) is 4.39. The normalized spacial score (nSPS) is 36.0. The van der Waals surface area contributed by atoms with Gasteiger partial charge in [-0.1, -0.05) is 13.8 Å². The molecule has 1 saturated carbocycles. The molecule has 1 fully saturated rings. The second-order valence-electron chi connectivity index (χ2n) is 5.51. The summed E-state index contributed by atoms with van der Waals surface area (Å²) in [6.07, 6.45) is 3.62. The summed E-state index contributed by atoms with van der Waals surface area (Å²) >= 11 is 0. The third-order valence-electron chi connectivity index (χ3n) is 3.31. The first-order valence-electron chi connectivity index (χ1n) is 5.81. The van der Waals surface area contributed by atoms with E-state index in [1.54, 1.807) is 0 Å². The van der Waals surface area contributed by atoms with Crippen LogP contribution in [0.4, 0.5) is 0 Å². The van der Waals surface area contributed by atoms with E-state index in [9.17, 15) is 5.11 Å². The van der Waals surface area contributed by atoms with Gasteiger partial charge in [0.15, 0.2) is 0 Å². The summed E-state index contributed by atoms with van der Waals surface area (Å²) in [7, 11) is 4.05. The lowest BCUT2D eigenvalue weighted by atomic mass is 9.74. The Morgan fingerprint density at radius 2 is 1.64 bits per heavy atom. The molecule has 3 unspecified atom stereocenters. The summed E-state index contributed by atoms with van der Waals surface area (Å²) in [6, 6.07) is 0. The highest BCUT2D eigenvalue weighted by Gasteiger charge is 2.28. The summed E-state index contributed by atoms with van der Waals surface area (Å²) in [6.45, 7) is 5.43. The van der Waals surface area contributed by atoms with Crippen molar-refractivity contribution in [1.29, 1.82) is 0 Å². The van der Waals surface area contributed by atoms with Gasteiger partial charge in [0.25, 0.3) is 0 Å². The highest BCUT2D eigenvalue weighted by Crippen LogP contribution is 2.34. The van der Waals surface area contributed by atoms with E-state index < -0.39 is 0 Å². The molecule has 1 aliphatic rings. The topological polar surface area (TPSA) is 23.5 Å². The second-order valence-corrected chi connectivity index (χ2v) is 5.51. The molecule has 3 atom stereocenters. The van der Waals surface area contributed by atoms with Gasteiger partial charge in [0.2, 0.25) is 0 Å². The lowest BCUT2D eigenvalue weighted by molar-refractivity contribution is 0.0377. The van der Waals surface area contributed by atoms with Crippen LogP contribution in [-0.2, 0) is 0 Å². The smallest absolute Gasteiger partial charge is 0.0695 e. The van der Waals surface area contributed by atoms with Gasteiger partial charge in [-0.2, -0.15) is 0 Å². The molecule has 1 rings (SSSR count). The van der Waals surface area contributed by atoms with Crippen LogP contribution in [0.3, 0.4) is 0 Å². The number of rotatable bonds is 3. The van der Waals surface area contributed by atoms with Crippen LogP contribution in [0.25, 0.3) is 0 Å². The Morgan fingerprint density at radius 1 is 1.14 bits per heavy atom. The molecule has 0 aromatic heterocycles. The zero-order valence-corrected chi connectivity index (χ0v) is 10.0. The zero-order chi connectivity index (χ0) is 10.7. The zero-order valence-electron chi connectivity index (χ0n) is 10.0. The van der Waals surface area contributed by atoms with Crippen molar-refractivity contribution in [2.24, 2.45) is 17.8 Å². The van der Waals surface area contributed by atoms with Crippen LogP contribution in [0.5, 0.6) is 0 Å². The molecule has 0 aromatic rings. The third-order valence-corrected chi connectivity index (χ3v) is 3.31. The maximum atomic E-state index is 10.0. The van der Waals surface area contributed by atoms with Crippen LogP contribution < -0.4 is 0 Å². The molecule has 0 saturated heterocycles. The van der Waals surface area contributed by atoms with Crippen molar-refractivity contribution in [3.8, 4) is 0 Å². The van der Waals surface area contributed by atoms with E-state index in [0.29, 0.717) is 5.92 Å². The summed E-state index contributed by atoms with van der Waals surface area (Å²) in [4.78, 5) is 2.08. The van der Waals surface area contributed by atoms with Crippen molar-refractivity contribution in [2.75, 3.05) is 20.6 Å². The number of aliphatic hydroxyl groups excluding tert-OH is 1. The lowest BCUT2D eigenvalue weighted by Gasteiger charge is -2.35. The molecule has 1 N–H and O–H groups in total. The first kappa shape index (κ1) is 12.0. The molecule has 14 heavy (non-hydrogen) atoms. The molecule has 0 amide bonds. The van der Waals surface area contributed by atoms with Gasteiger partial charge in [-0.25, -0.2) is 0 Å². The highest BCUT2D eigenvalue weighted by atomic mass is 16.3. The van der Waals surface area contributed by atoms with Crippen LogP contribution in [0.1, 0.15) is 33.1 Å². The predicted molar refractivity (Wildman–Crippen MR) is 60.2 cm³/mol. The Balaban J connectivity index is 2.42. The standard InChI is InChI=1S/C12H25NO/c1-9-5-10(2)7-11(6-9)12(14)8-13(3)4/h9-12,14H,5-8H2,1-4H3. The minimum Gasteiger partial charge on any atom is -0.392 e. The first-order valence-corrected chi connectivity index (χ1v) is 5.81. The van der Waals surface area contributed by atoms with Crippen molar-refractivity contribution >= 4 is 0 Å².